The summed E-state index contributed by atoms with van der Waals surface area (Å²) in [6.07, 6.45) is 1.46. The van der Waals surface area contributed by atoms with Crippen LogP contribution in [0.15, 0.2) is 68.4 Å². The summed E-state index contributed by atoms with van der Waals surface area (Å²) in [5, 5.41) is 3.05. The summed E-state index contributed by atoms with van der Waals surface area (Å²) in [4.78, 5) is 25.6. The number of furan rings is 1. The Labute approximate surface area is 183 Å². The number of ether oxygens (including phenoxy) is 3. The molecule has 0 aliphatic rings. The van der Waals surface area contributed by atoms with Crippen LogP contribution in [-0.4, -0.2) is 26.7 Å². The maximum Gasteiger partial charge on any atom is 0.262 e. The molecule has 0 fully saturated rings. The monoisotopic (exact) mass is 435 g/mol. The third-order valence-corrected chi connectivity index (χ3v) is 4.77. The number of hydrogen-bond donors (Lipinski definition) is 1. The molecular formula is C24H21NO7. The van der Waals surface area contributed by atoms with Crippen LogP contribution >= 0.6 is 0 Å². The van der Waals surface area contributed by atoms with E-state index in [1.807, 2.05) is 6.92 Å². The van der Waals surface area contributed by atoms with Crippen molar-refractivity contribution in [3.05, 3.63) is 70.6 Å². The van der Waals surface area contributed by atoms with Crippen molar-refractivity contribution in [2.75, 3.05) is 26.1 Å². The van der Waals surface area contributed by atoms with Gasteiger partial charge in [0.25, 0.3) is 5.91 Å². The largest absolute Gasteiger partial charge is 0.493 e. The normalized spacial score (nSPS) is 10.7. The van der Waals surface area contributed by atoms with E-state index in [9.17, 15) is 9.59 Å². The quantitative estimate of drug-likeness (QED) is 0.459. The number of nitrogens with one attached hydrogen (secondary N) is 1. The van der Waals surface area contributed by atoms with Gasteiger partial charge in [0.05, 0.1) is 25.9 Å². The molecule has 8 nitrogen and oxygen atoms in total. The predicted octanol–water partition coefficient (Wildman–Crippen LogP) is 4.40. The zero-order valence-corrected chi connectivity index (χ0v) is 17.8. The molecule has 8 heteroatoms. The molecule has 1 amide bonds. The van der Waals surface area contributed by atoms with Gasteiger partial charge in [-0.3, -0.25) is 9.59 Å². The Kier molecular flexibility index (Phi) is 5.85. The zero-order valence-electron chi connectivity index (χ0n) is 17.8. The number of hydrogen-bond acceptors (Lipinski definition) is 7. The molecule has 0 spiro atoms. The van der Waals surface area contributed by atoms with Crippen LogP contribution in [0.2, 0.25) is 0 Å². The van der Waals surface area contributed by atoms with E-state index in [1.54, 1.807) is 48.5 Å². The number of carbonyl (C=O) groups is 1. The summed E-state index contributed by atoms with van der Waals surface area (Å²) in [6, 6.07) is 13.5. The summed E-state index contributed by atoms with van der Waals surface area (Å²) < 4.78 is 27.4. The lowest BCUT2D eigenvalue weighted by Gasteiger charge is -2.12. The fourth-order valence-electron chi connectivity index (χ4n) is 3.23. The van der Waals surface area contributed by atoms with Crippen molar-refractivity contribution in [3.63, 3.8) is 0 Å². The number of benzene rings is 2. The van der Waals surface area contributed by atoms with Crippen LogP contribution < -0.4 is 25.0 Å². The van der Waals surface area contributed by atoms with Crippen LogP contribution in [-0.2, 0) is 4.79 Å². The van der Waals surface area contributed by atoms with E-state index >= 15 is 0 Å². The number of anilines is 1. The molecular weight excluding hydrogens is 414 g/mol. The maximum atomic E-state index is 13.1. The Balaban J connectivity index is 1.61. The molecule has 4 aromatic rings. The van der Waals surface area contributed by atoms with Crippen molar-refractivity contribution >= 4 is 22.6 Å². The van der Waals surface area contributed by atoms with E-state index in [4.69, 9.17) is 23.0 Å². The van der Waals surface area contributed by atoms with Crippen molar-refractivity contribution in [1.29, 1.82) is 0 Å². The number of amides is 1. The first-order valence-electron chi connectivity index (χ1n) is 9.76. The molecule has 2 aromatic carbocycles. The number of carbonyl (C=O) groups excluding carboxylic acids is 1. The maximum absolute atomic E-state index is 13.1. The highest BCUT2D eigenvalue weighted by atomic mass is 16.5. The van der Waals surface area contributed by atoms with Gasteiger partial charge in [0.1, 0.15) is 5.58 Å². The Morgan fingerprint density at radius 1 is 1.03 bits per heavy atom. The molecule has 1 N–H and O–H groups in total. The fourth-order valence-corrected chi connectivity index (χ4v) is 3.23. The Hall–Kier alpha value is -4.20. The molecule has 0 saturated carbocycles. The second kappa shape index (κ2) is 8.89. The number of aryl methyl sites for hydroxylation is 1. The van der Waals surface area contributed by atoms with E-state index in [-0.39, 0.29) is 11.5 Å². The van der Waals surface area contributed by atoms with E-state index < -0.39 is 17.9 Å². The first-order chi connectivity index (χ1) is 15.5. The first kappa shape index (κ1) is 21.0. The Morgan fingerprint density at radius 3 is 2.56 bits per heavy atom. The SMILES string of the molecule is COc1ccc(NC(=O)COc2c(-c3ccco3)oc3cc(C)ccc3c2=O)cc1OC. The van der Waals surface area contributed by atoms with E-state index in [0.29, 0.717) is 33.9 Å². The lowest BCUT2D eigenvalue weighted by atomic mass is 10.1. The van der Waals surface area contributed by atoms with Gasteiger partial charge in [-0.15, -0.1) is 0 Å². The van der Waals surface area contributed by atoms with Gasteiger partial charge in [-0.05, 0) is 48.9 Å². The molecule has 2 aromatic heterocycles. The molecule has 0 unspecified atom stereocenters. The van der Waals surface area contributed by atoms with Crippen LogP contribution in [0.25, 0.3) is 22.5 Å². The fraction of sp³-hybridized carbons (Fsp3) is 0.167. The second-order valence-corrected chi connectivity index (χ2v) is 6.97. The van der Waals surface area contributed by atoms with Gasteiger partial charge >= 0.3 is 0 Å². The van der Waals surface area contributed by atoms with Crippen LogP contribution in [0.5, 0.6) is 17.2 Å². The third-order valence-electron chi connectivity index (χ3n) is 4.77. The minimum atomic E-state index is -0.467. The summed E-state index contributed by atoms with van der Waals surface area (Å²) in [5.41, 5.74) is 1.44. The standard InChI is InChI=1S/C24H21NO7/c1-14-6-8-16-19(11-14)32-23(18-5-4-10-30-18)24(22(16)27)31-13-21(26)25-15-7-9-17(28-2)20(12-15)29-3/h4-12H,13H2,1-3H3,(H,25,26). The summed E-state index contributed by atoms with van der Waals surface area (Å²) in [5.74, 6) is 0.883. The van der Waals surface area contributed by atoms with Gasteiger partial charge in [-0.1, -0.05) is 6.07 Å². The van der Waals surface area contributed by atoms with E-state index in [0.717, 1.165) is 5.56 Å². The highest BCUT2D eigenvalue weighted by Gasteiger charge is 2.21. The highest BCUT2D eigenvalue weighted by Crippen LogP contribution is 2.32. The molecule has 164 valence electrons. The van der Waals surface area contributed by atoms with Crippen molar-refractivity contribution in [2.24, 2.45) is 0 Å². The highest BCUT2D eigenvalue weighted by molar-refractivity contribution is 5.92. The summed E-state index contributed by atoms with van der Waals surface area (Å²) in [6.45, 7) is 1.49. The Morgan fingerprint density at radius 2 is 1.84 bits per heavy atom. The minimum Gasteiger partial charge on any atom is -0.493 e. The van der Waals surface area contributed by atoms with Crippen LogP contribution in [0.3, 0.4) is 0 Å². The number of fused-ring (bicyclic) bond motifs is 1. The van der Waals surface area contributed by atoms with Crippen molar-refractivity contribution in [3.8, 4) is 28.8 Å². The summed E-state index contributed by atoms with van der Waals surface area (Å²) >= 11 is 0. The van der Waals surface area contributed by atoms with E-state index in [2.05, 4.69) is 5.32 Å². The molecule has 2 heterocycles. The van der Waals surface area contributed by atoms with Crippen molar-refractivity contribution in [2.45, 2.75) is 6.92 Å². The third kappa shape index (κ3) is 4.15. The van der Waals surface area contributed by atoms with Gasteiger partial charge in [-0.2, -0.15) is 0 Å². The lowest BCUT2D eigenvalue weighted by Crippen LogP contribution is -2.22. The number of rotatable bonds is 7. The number of methoxy groups -OCH3 is 2. The average molecular weight is 435 g/mol. The minimum absolute atomic E-state index is 0.0984. The molecule has 0 aliphatic heterocycles. The van der Waals surface area contributed by atoms with Crippen LogP contribution in [0.1, 0.15) is 5.56 Å². The first-order valence-corrected chi connectivity index (χ1v) is 9.76. The molecule has 0 aliphatic carbocycles. The topological polar surface area (TPSA) is 100 Å². The van der Waals surface area contributed by atoms with Crippen molar-refractivity contribution in [1.82, 2.24) is 0 Å². The average Bonchev–Trinajstić information content (AvgIpc) is 3.32. The van der Waals surface area contributed by atoms with E-state index in [1.165, 1.54) is 20.5 Å². The van der Waals surface area contributed by atoms with Crippen molar-refractivity contribution < 1.29 is 27.8 Å². The molecule has 0 bridgehead atoms. The van der Waals surface area contributed by atoms with Gasteiger partial charge in [0.15, 0.2) is 23.9 Å². The Bertz CT molecular complexity index is 1320. The molecule has 0 atom stereocenters. The second-order valence-electron chi connectivity index (χ2n) is 6.97. The van der Waals surface area contributed by atoms with Gasteiger partial charge in [0, 0.05) is 11.8 Å². The van der Waals surface area contributed by atoms with Gasteiger partial charge in [-0.25, -0.2) is 0 Å². The molecule has 32 heavy (non-hydrogen) atoms. The smallest absolute Gasteiger partial charge is 0.262 e. The summed E-state index contributed by atoms with van der Waals surface area (Å²) in [7, 11) is 3.03. The predicted molar refractivity (Wildman–Crippen MR) is 119 cm³/mol. The lowest BCUT2D eigenvalue weighted by molar-refractivity contribution is -0.118. The zero-order chi connectivity index (χ0) is 22.7. The molecule has 0 saturated heterocycles. The molecule has 4 rings (SSSR count). The van der Waals surface area contributed by atoms with Crippen LogP contribution in [0, 0.1) is 6.92 Å². The van der Waals surface area contributed by atoms with Gasteiger partial charge < -0.3 is 28.4 Å². The molecule has 0 radical (unpaired) electrons. The van der Waals surface area contributed by atoms with Gasteiger partial charge in [0.2, 0.25) is 16.9 Å². The van der Waals surface area contributed by atoms with Crippen LogP contribution in [0.4, 0.5) is 5.69 Å².